The highest BCUT2D eigenvalue weighted by Gasteiger charge is 2.13. The molecule has 1 heterocycles. The van der Waals surface area contributed by atoms with Crippen molar-refractivity contribution in [3.05, 3.63) is 50.4 Å². The van der Waals surface area contributed by atoms with Gasteiger partial charge >= 0.3 is 0 Å². The van der Waals surface area contributed by atoms with Gasteiger partial charge in [0.1, 0.15) is 0 Å². The van der Waals surface area contributed by atoms with Crippen molar-refractivity contribution in [2.45, 2.75) is 58.9 Å². The summed E-state index contributed by atoms with van der Waals surface area (Å²) in [6.45, 7) is 6.55. The molecule has 0 unspecified atom stereocenters. The predicted octanol–water partition coefficient (Wildman–Crippen LogP) is 5.76. The van der Waals surface area contributed by atoms with Crippen molar-refractivity contribution >= 4 is 28.8 Å². The molecule has 23 heavy (non-hydrogen) atoms. The SMILES string of the molecule is Cc1cc(-n2c(C)cc(C=NC3CCCCC3)c2C)ccc1I. The van der Waals surface area contributed by atoms with Gasteiger partial charge in [-0.25, -0.2) is 0 Å². The summed E-state index contributed by atoms with van der Waals surface area (Å²) in [4.78, 5) is 4.85. The van der Waals surface area contributed by atoms with Gasteiger partial charge in [0.25, 0.3) is 0 Å². The molecular formula is C20H25IN2. The van der Waals surface area contributed by atoms with E-state index in [9.17, 15) is 0 Å². The number of rotatable bonds is 3. The van der Waals surface area contributed by atoms with E-state index in [0.717, 1.165) is 0 Å². The van der Waals surface area contributed by atoms with Gasteiger partial charge in [-0.05, 0) is 86.0 Å². The Hall–Kier alpha value is -1.10. The van der Waals surface area contributed by atoms with Crippen molar-refractivity contribution in [1.29, 1.82) is 0 Å². The van der Waals surface area contributed by atoms with Gasteiger partial charge in [0, 0.05) is 38.5 Å². The zero-order valence-electron chi connectivity index (χ0n) is 14.3. The zero-order chi connectivity index (χ0) is 16.4. The molecule has 0 radical (unpaired) electrons. The Labute approximate surface area is 153 Å². The number of benzene rings is 1. The lowest BCUT2D eigenvalue weighted by Gasteiger charge is -2.17. The molecule has 0 saturated heterocycles. The van der Waals surface area contributed by atoms with Crippen molar-refractivity contribution in [3.63, 3.8) is 0 Å². The monoisotopic (exact) mass is 420 g/mol. The molecule has 122 valence electrons. The molecule has 1 aliphatic rings. The molecule has 0 bridgehead atoms. The molecule has 3 heteroatoms. The van der Waals surface area contributed by atoms with Crippen LogP contribution in [0, 0.1) is 24.3 Å². The molecule has 1 saturated carbocycles. The standard InChI is InChI=1S/C20H25IN2/c1-14-11-19(9-10-20(14)21)23-15(2)12-17(16(23)3)13-22-18-7-5-4-6-8-18/h9-13,18H,4-8H2,1-3H3. The fraction of sp³-hybridized carbons (Fsp3) is 0.450. The van der Waals surface area contributed by atoms with Crippen molar-refractivity contribution in [1.82, 2.24) is 4.57 Å². The van der Waals surface area contributed by atoms with Crippen LogP contribution in [-0.2, 0) is 0 Å². The molecule has 0 atom stereocenters. The smallest absolute Gasteiger partial charge is 0.0499 e. The number of aliphatic imine (C=N–C) groups is 1. The van der Waals surface area contributed by atoms with Crippen molar-refractivity contribution in [2.75, 3.05) is 0 Å². The lowest BCUT2D eigenvalue weighted by molar-refractivity contribution is 0.444. The second kappa shape index (κ2) is 7.20. The number of aryl methyl sites for hydroxylation is 2. The molecule has 0 N–H and O–H groups in total. The molecule has 1 fully saturated rings. The lowest BCUT2D eigenvalue weighted by atomic mass is 9.96. The fourth-order valence-corrected chi connectivity index (χ4v) is 3.83. The van der Waals surface area contributed by atoms with Gasteiger partial charge in [-0.3, -0.25) is 4.99 Å². The van der Waals surface area contributed by atoms with Gasteiger partial charge in [0.2, 0.25) is 0 Å². The van der Waals surface area contributed by atoms with Crippen LogP contribution in [0.1, 0.15) is 54.6 Å². The summed E-state index contributed by atoms with van der Waals surface area (Å²) in [6, 6.07) is 9.46. The summed E-state index contributed by atoms with van der Waals surface area (Å²) in [6.07, 6.45) is 8.67. The van der Waals surface area contributed by atoms with Gasteiger partial charge in [-0.15, -0.1) is 0 Å². The van der Waals surface area contributed by atoms with E-state index in [1.165, 1.54) is 63.9 Å². The summed E-state index contributed by atoms with van der Waals surface area (Å²) in [5.41, 5.74) is 6.38. The van der Waals surface area contributed by atoms with E-state index in [1.54, 1.807) is 0 Å². The Morgan fingerprint density at radius 3 is 2.52 bits per heavy atom. The first-order valence-electron chi connectivity index (χ1n) is 8.55. The molecule has 2 aromatic rings. The normalized spacial score (nSPS) is 16.3. The molecule has 3 rings (SSSR count). The van der Waals surface area contributed by atoms with Gasteiger partial charge < -0.3 is 4.57 Å². The van der Waals surface area contributed by atoms with Gasteiger partial charge in [-0.2, -0.15) is 0 Å². The van der Waals surface area contributed by atoms with Gasteiger partial charge in [0.05, 0.1) is 0 Å². The lowest BCUT2D eigenvalue weighted by Crippen LogP contribution is -2.09. The fourth-order valence-electron chi connectivity index (χ4n) is 3.50. The second-order valence-corrected chi connectivity index (χ2v) is 7.83. The first-order chi connectivity index (χ1) is 11.1. The molecule has 2 nitrogen and oxygen atoms in total. The zero-order valence-corrected chi connectivity index (χ0v) is 16.4. The van der Waals surface area contributed by atoms with Crippen LogP contribution in [0.5, 0.6) is 0 Å². The van der Waals surface area contributed by atoms with Gasteiger partial charge in [-0.1, -0.05) is 19.3 Å². The number of nitrogens with zero attached hydrogens (tertiary/aromatic N) is 2. The predicted molar refractivity (Wildman–Crippen MR) is 107 cm³/mol. The van der Waals surface area contributed by atoms with E-state index in [1.807, 2.05) is 0 Å². The summed E-state index contributed by atoms with van der Waals surface area (Å²) in [5.74, 6) is 0. The minimum Gasteiger partial charge on any atom is -0.318 e. The number of hydrogen-bond acceptors (Lipinski definition) is 1. The highest BCUT2D eigenvalue weighted by atomic mass is 127. The Bertz CT molecular complexity index is 721. The molecule has 1 aliphatic carbocycles. The van der Waals surface area contributed by atoms with Crippen LogP contribution in [0.4, 0.5) is 0 Å². The Kier molecular flexibility index (Phi) is 5.24. The van der Waals surface area contributed by atoms with Gasteiger partial charge in [0.15, 0.2) is 0 Å². The first-order valence-corrected chi connectivity index (χ1v) is 9.63. The van der Waals surface area contributed by atoms with Crippen LogP contribution >= 0.6 is 22.6 Å². The summed E-state index contributed by atoms with van der Waals surface area (Å²) < 4.78 is 3.65. The highest BCUT2D eigenvalue weighted by Crippen LogP contribution is 2.24. The first kappa shape index (κ1) is 16.7. The molecule has 0 spiro atoms. The van der Waals surface area contributed by atoms with Crippen LogP contribution in [0.2, 0.25) is 0 Å². The number of aromatic nitrogens is 1. The quantitative estimate of drug-likeness (QED) is 0.444. The van der Waals surface area contributed by atoms with Crippen molar-refractivity contribution in [3.8, 4) is 5.69 Å². The molecular weight excluding hydrogens is 395 g/mol. The van der Waals surface area contributed by atoms with Crippen LogP contribution < -0.4 is 0 Å². The third kappa shape index (κ3) is 3.70. The minimum absolute atomic E-state index is 0.535. The minimum atomic E-state index is 0.535. The molecule has 1 aromatic heterocycles. The highest BCUT2D eigenvalue weighted by molar-refractivity contribution is 14.1. The summed E-state index contributed by atoms with van der Waals surface area (Å²) in [7, 11) is 0. The van der Waals surface area contributed by atoms with E-state index in [4.69, 9.17) is 4.99 Å². The average Bonchev–Trinajstić information content (AvgIpc) is 2.83. The maximum Gasteiger partial charge on any atom is 0.0499 e. The third-order valence-electron chi connectivity index (χ3n) is 4.87. The van der Waals surface area contributed by atoms with Crippen molar-refractivity contribution in [2.24, 2.45) is 4.99 Å². The van der Waals surface area contributed by atoms with E-state index < -0.39 is 0 Å². The van der Waals surface area contributed by atoms with Crippen LogP contribution in [0.15, 0.2) is 29.3 Å². The molecule has 0 aliphatic heterocycles. The Morgan fingerprint density at radius 2 is 1.83 bits per heavy atom. The van der Waals surface area contributed by atoms with Crippen molar-refractivity contribution < 1.29 is 0 Å². The third-order valence-corrected chi connectivity index (χ3v) is 6.08. The molecule has 1 aromatic carbocycles. The largest absolute Gasteiger partial charge is 0.318 e. The topological polar surface area (TPSA) is 17.3 Å². The van der Waals surface area contributed by atoms with Crippen LogP contribution in [0.25, 0.3) is 5.69 Å². The Balaban J connectivity index is 1.89. The van der Waals surface area contributed by atoms with E-state index in [2.05, 4.69) is 78.4 Å². The molecule has 0 amide bonds. The van der Waals surface area contributed by atoms with Crippen LogP contribution in [-0.4, -0.2) is 16.8 Å². The average molecular weight is 420 g/mol. The summed E-state index contributed by atoms with van der Waals surface area (Å²) in [5, 5.41) is 0. The Morgan fingerprint density at radius 1 is 1.09 bits per heavy atom. The maximum atomic E-state index is 4.85. The summed E-state index contributed by atoms with van der Waals surface area (Å²) >= 11 is 2.39. The second-order valence-electron chi connectivity index (χ2n) is 6.67. The van der Waals surface area contributed by atoms with E-state index >= 15 is 0 Å². The van der Waals surface area contributed by atoms with E-state index in [0.29, 0.717) is 6.04 Å². The van der Waals surface area contributed by atoms with Crippen LogP contribution in [0.3, 0.4) is 0 Å². The van der Waals surface area contributed by atoms with E-state index in [-0.39, 0.29) is 0 Å². The maximum absolute atomic E-state index is 4.85. The number of halogens is 1. The number of hydrogen-bond donors (Lipinski definition) is 0.